The van der Waals surface area contributed by atoms with Crippen molar-refractivity contribution < 1.29 is 4.74 Å². The van der Waals surface area contributed by atoms with E-state index in [-0.39, 0.29) is 0 Å². The summed E-state index contributed by atoms with van der Waals surface area (Å²) in [5.74, 6) is 0.940. The largest absolute Gasteiger partial charge is 0.497 e. The molecular formula is C18H30N2O. The normalized spacial score (nSPS) is 23.2. The molecule has 0 aliphatic carbocycles. The molecule has 1 N–H and O–H groups in total. The molecule has 3 nitrogen and oxygen atoms in total. The maximum absolute atomic E-state index is 5.21. The van der Waals surface area contributed by atoms with E-state index in [1.807, 2.05) is 0 Å². The quantitative estimate of drug-likeness (QED) is 0.835. The van der Waals surface area contributed by atoms with Gasteiger partial charge >= 0.3 is 0 Å². The van der Waals surface area contributed by atoms with Crippen LogP contribution >= 0.6 is 0 Å². The summed E-state index contributed by atoms with van der Waals surface area (Å²) in [6, 6.07) is 9.88. The lowest BCUT2D eigenvalue weighted by Gasteiger charge is -2.38. The number of ether oxygens (including phenoxy) is 1. The first kappa shape index (κ1) is 16.3. The van der Waals surface area contributed by atoms with Crippen LogP contribution in [-0.4, -0.2) is 43.7 Å². The van der Waals surface area contributed by atoms with E-state index in [0.29, 0.717) is 6.04 Å². The minimum absolute atomic E-state index is 0.686. The van der Waals surface area contributed by atoms with Crippen LogP contribution in [0.15, 0.2) is 24.3 Å². The Bertz CT molecular complexity index is 404. The zero-order chi connectivity index (χ0) is 15.1. The number of nitrogens with one attached hydrogen (secondary N) is 1. The van der Waals surface area contributed by atoms with Crippen LogP contribution in [0.25, 0.3) is 0 Å². The highest BCUT2D eigenvalue weighted by molar-refractivity contribution is 5.27. The number of hydrogen-bond acceptors (Lipinski definition) is 3. The zero-order valence-corrected chi connectivity index (χ0v) is 13.8. The van der Waals surface area contributed by atoms with Gasteiger partial charge in [0.2, 0.25) is 0 Å². The maximum Gasteiger partial charge on any atom is 0.118 e. The van der Waals surface area contributed by atoms with E-state index in [4.69, 9.17) is 4.74 Å². The van der Waals surface area contributed by atoms with E-state index >= 15 is 0 Å². The maximum atomic E-state index is 5.21. The Hall–Kier alpha value is -1.06. The minimum Gasteiger partial charge on any atom is -0.497 e. The first-order chi connectivity index (χ1) is 10.2. The van der Waals surface area contributed by atoms with Crippen LogP contribution in [0.1, 0.15) is 38.7 Å². The predicted octanol–water partition coefficient (Wildman–Crippen LogP) is 3.09. The molecule has 0 amide bonds. The summed E-state index contributed by atoms with van der Waals surface area (Å²) in [4.78, 5) is 2.63. The second-order valence-corrected chi connectivity index (χ2v) is 6.16. The monoisotopic (exact) mass is 290 g/mol. The molecule has 1 aromatic rings. The number of nitrogens with zero attached hydrogens (tertiary/aromatic N) is 1. The fourth-order valence-corrected chi connectivity index (χ4v) is 3.15. The Morgan fingerprint density at radius 3 is 2.67 bits per heavy atom. The van der Waals surface area contributed by atoms with Crippen LogP contribution in [0.5, 0.6) is 5.75 Å². The second-order valence-electron chi connectivity index (χ2n) is 6.16. The van der Waals surface area contributed by atoms with E-state index in [1.165, 1.54) is 31.4 Å². The lowest BCUT2D eigenvalue weighted by Crippen LogP contribution is -2.48. The first-order valence-corrected chi connectivity index (χ1v) is 8.33. The average molecular weight is 290 g/mol. The standard InChI is InChI=1S/C18H30N2O/c1-4-11-19-17-10-13-20(15(2)14-17)12-9-16-5-7-18(21-3)8-6-16/h5-8,15,17,19H,4,9-14H2,1-3H3. The van der Waals surface area contributed by atoms with E-state index < -0.39 is 0 Å². The van der Waals surface area contributed by atoms with Gasteiger partial charge in [-0.2, -0.15) is 0 Å². The minimum atomic E-state index is 0.686. The number of hydrogen-bond donors (Lipinski definition) is 1. The molecule has 0 spiro atoms. The smallest absolute Gasteiger partial charge is 0.118 e. The third kappa shape index (κ3) is 5.01. The third-order valence-electron chi connectivity index (χ3n) is 4.54. The van der Waals surface area contributed by atoms with Gasteiger partial charge < -0.3 is 15.0 Å². The molecule has 21 heavy (non-hydrogen) atoms. The van der Waals surface area contributed by atoms with Gasteiger partial charge in [0.25, 0.3) is 0 Å². The molecule has 1 aromatic carbocycles. The Morgan fingerprint density at radius 2 is 2.05 bits per heavy atom. The molecule has 0 radical (unpaired) electrons. The summed E-state index contributed by atoms with van der Waals surface area (Å²) in [6.45, 7) is 8.14. The summed E-state index contributed by atoms with van der Waals surface area (Å²) in [5.41, 5.74) is 1.40. The van der Waals surface area contributed by atoms with E-state index in [0.717, 1.165) is 31.3 Å². The summed E-state index contributed by atoms with van der Waals surface area (Å²) in [5, 5.41) is 3.67. The van der Waals surface area contributed by atoms with Crippen LogP contribution < -0.4 is 10.1 Å². The van der Waals surface area contributed by atoms with Crippen LogP contribution in [0, 0.1) is 0 Å². The molecule has 118 valence electrons. The van der Waals surface area contributed by atoms with Crippen molar-refractivity contribution in [1.82, 2.24) is 10.2 Å². The van der Waals surface area contributed by atoms with Gasteiger partial charge in [0.1, 0.15) is 5.75 Å². The highest BCUT2D eigenvalue weighted by Crippen LogP contribution is 2.18. The Balaban J connectivity index is 1.75. The van der Waals surface area contributed by atoms with Gasteiger partial charge in [-0.1, -0.05) is 19.1 Å². The summed E-state index contributed by atoms with van der Waals surface area (Å²) in [7, 11) is 1.72. The molecule has 0 aromatic heterocycles. The predicted molar refractivity (Wildman–Crippen MR) is 89.0 cm³/mol. The third-order valence-corrected chi connectivity index (χ3v) is 4.54. The fraction of sp³-hybridized carbons (Fsp3) is 0.667. The Kier molecular flexibility index (Phi) is 6.52. The summed E-state index contributed by atoms with van der Waals surface area (Å²) in [6.07, 6.45) is 4.92. The van der Waals surface area contributed by atoms with Crippen LogP contribution in [0.4, 0.5) is 0 Å². The molecule has 2 rings (SSSR count). The van der Waals surface area contributed by atoms with Gasteiger partial charge in [-0.25, -0.2) is 0 Å². The van der Waals surface area contributed by atoms with Crippen molar-refractivity contribution in [3.8, 4) is 5.75 Å². The zero-order valence-electron chi connectivity index (χ0n) is 13.8. The topological polar surface area (TPSA) is 24.5 Å². The van der Waals surface area contributed by atoms with E-state index in [1.54, 1.807) is 7.11 Å². The van der Waals surface area contributed by atoms with Gasteiger partial charge in [-0.15, -0.1) is 0 Å². The number of methoxy groups -OCH3 is 1. The number of likely N-dealkylation sites (tertiary alicyclic amines) is 1. The van der Waals surface area contributed by atoms with Crippen molar-refractivity contribution in [3.63, 3.8) is 0 Å². The molecular weight excluding hydrogens is 260 g/mol. The van der Waals surface area contributed by atoms with Crippen molar-refractivity contribution in [2.75, 3.05) is 26.7 Å². The molecule has 1 heterocycles. The number of rotatable bonds is 7. The van der Waals surface area contributed by atoms with Crippen molar-refractivity contribution in [3.05, 3.63) is 29.8 Å². The molecule has 3 heteroatoms. The molecule has 0 saturated carbocycles. The van der Waals surface area contributed by atoms with Crippen molar-refractivity contribution in [1.29, 1.82) is 0 Å². The average Bonchev–Trinajstić information content (AvgIpc) is 2.52. The lowest BCUT2D eigenvalue weighted by atomic mass is 9.97. The molecule has 1 saturated heterocycles. The van der Waals surface area contributed by atoms with Crippen LogP contribution in [-0.2, 0) is 6.42 Å². The fourth-order valence-electron chi connectivity index (χ4n) is 3.15. The highest BCUT2D eigenvalue weighted by atomic mass is 16.5. The first-order valence-electron chi connectivity index (χ1n) is 8.33. The van der Waals surface area contributed by atoms with Crippen molar-refractivity contribution in [2.24, 2.45) is 0 Å². The van der Waals surface area contributed by atoms with Crippen LogP contribution in [0.3, 0.4) is 0 Å². The molecule has 2 unspecified atom stereocenters. The second kappa shape index (κ2) is 8.40. The van der Waals surface area contributed by atoms with Crippen molar-refractivity contribution in [2.45, 2.75) is 51.6 Å². The van der Waals surface area contributed by atoms with Gasteiger partial charge in [-0.05, 0) is 63.4 Å². The van der Waals surface area contributed by atoms with E-state index in [2.05, 4.69) is 48.3 Å². The Morgan fingerprint density at radius 1 is 1.29 bits per heavy atom. The van der Waals surface area contributed by atoms with Gasteiger partial charge in [0, 0.05) is 18.6 Å². The summed E-state index contributed by atoms with van der Waals surface area (Å²) < 4.78 is 5.21. The number of benzene rings is 1. The van der Waals surface area contributed by atoms with Gasteiger partial charge in [0.15, 0.2) is 0 Å². The van der Waals surface area contributed by atoms with Crippen molar-refractivity contribution >= 4 is 0 Å². The molecule has 1 fully saturated rings. The highest BCUT2D eigenvalue weighted by Gasteiger charge is 2.24. The summed E-state index contributed by atoms with van der Waals surface area (Å²) >= 11 is 0. The van der Waals surface area contributed by atoms with Crippen LogP contribution in [0.2, 0.25) is 0 Å². The van der Waals surface area contributed by atoms with Gasteiger partial charge in [-0.3, -0.25) is 0 Å². The molecule has 1 aliphatic heterocycles. The Labute approximate surface area is 129 Å². The number of piperidine rings is 1. The SMILES string of the molecule is CCCNC1CCN(CCc2ccc(OC)cc2)C(C)C1. The molecule has 1 aliphatic rings. The van der Waals surface area contributed by atoms with Gasteiger partial charge in [0.05, 0.1) is 7.11 Å². The molecule has 2 atom stereocenters. The van der Waals surface area contributed by atoms with E-state index in [9.17, 15) is 0 Å². The lowest BCUT2D eigenvalue weighted by molar-refractivity contribution is 0.138. The molecule has 0 bridgehead atoms.